The van der Waals surface area contributed by atoms with Crippen LogP contribution in [-0.2, 0) is 18.9 Å². The van der Waals surface area contributed by atoms with Crippen LogP contribution in [0.5, 0.6) is 0 Å². The van der Waals surface area contributed by atoms with E-state index in [2.05, 4.69) is 14.8 Å². The highest BCUT2D eigenvalue weighted by Gasteiger charge is 2.18. The number of aromatic nitrogens is 1. The predicted molar refractivity (Wildman–Crippen MR) is 119 cm³/mol. The lowest BCUT2D eigenvalue weighted by atomic mass is 10.1. The van der Waals surface area contributed by atoms with Gasteiger partial charge in [0.1, 0.15) is 0 Å². The third kappa shape index (κ3) is 5.91. The van der Waals surface area contributed by atoms with Crippen LogP contribution in [-0.4, -0.2) is 53.8 Å². The fraction of sp³-hybridized carbons (Fsp3) is 0.316. The standard InChI is InChI=1S/C19H24N3O7PS/c20-13-3-5-17-15(11-13)19(21-7-1-9-29-30(24,25)26)16-12-14(4-6-18(16)22-17)31(27,28)10-2-8-23/h3-6,11-12,23H,1-2,7-10,20H2,(H,21,22)(H2,24,25,26). The molecule has 6 N–H and O–H groups in total. The van der Waals surface area contributed by atoms with Crippen molar-refractivity contribution < 1.29 is 32.4 Å². The van der Waals surface area contributed by atoms with E-state index in [9.17, 15) is 13.0 Å². The molecule has 168 valence electrons. The molecular weight excluding hydrogens is 445 g/mol. The van der Waals surface area contributed by atoms with E-state index in [1.54, 1.807) is 24.3 Å². The summed E-state index contributed by atoms with van der Waals surface area (Å²) in [5.74, 6) is -0.175. The molecule has 10 nitrogen and oxygen atoms in total. The van der Waals surface area contributed by atoms with Crippen molar-refractivity contribution in [1.82, 2.24) is 4.98 Å². The monoisotopic (exact) mass is 469 g/mol. The number of rotatable bonds is 10. The van der Waals surface area contributed by atoms with Gasteiger partial charge in [-0.2, -0.15) is 0 Å². The van der Waals surface area contributed by atoms with Crippen LogP contribution in [0.2, 0.25) is 0 Å². The van der Waals surface area contributed by atoms with Crippen molar-refractivity contribution in [1.29, 1.82) is 0 Å². The Morgan fingerprint density at radius 3 is 2.42 bits per heavy atom. The molecule has 0 aliphatic carbocycles. The zero-order valence-corrected chi connectivity index (χ0v) is 18.3. The molecule has 2 aromatic carbocycles. The summed E-state index contributed by atoms with van der Waals surface area (Å²) in [5, 5.41) is 13.4. The zero-order valence-electron chi connectivity index (χ0n) is 16.6. The van der Waals surface area contributed by atoms with Gasteiger partial charge in [-0.1, -0.05) is 0 Å². The summed E-state index contributed by atoms with van der Waals surface area (Å²) in [6.07, 6.45) is 0.435. The first kappa shape index (κ1) is 23.4. The third-order valence-corrected chi connectivity index (χ3v) is 6.90. The predicted octanol–water partition coefficient (Wildman–Crippen LogP) is 2.04. The third-order valence-electron chi connectivity index (χ3n) is 4.58. The van der Waals surface area contributed by atoms with Gasteiger partial charge in [0.05, 0.1) is 34.0 Å². The molecule has 0 amide bonds. The Labute approximate surface area is 179 Å². The average Bonchev–Trinajstić information content (AvgIpc) is 2.70. The summed E-state index contributed by atoms with van der Waals surface area (Å²) < 4.78 is 40.5. The highest BCUT2D eigenvalue weighted by molar-refractivity contribution is 7.91. The first-order chi connectivity index (χ1) is 14.6. The van der Waals surface area contributed by atoms with Crippen molar-refractivity contribution in [3.8, 4) is 0 Å². The number of nitrogens with one attached hydrogen (secondary N) is 1. The van der Waals surface area contributed by atoms with Crippen molar-refractivity contribution in [3.05, 3.63) is 36.4 Å². The number of nitrogen functional groups attached to an aromatic ring is 1. The van der Waals surface area contributed by atoms with Crippen LogP contribution in [0.1, 0.15) is 12.8 Å². The lowest BCUT2D eigenvalue weighted by molar-refractivity contribution is 0.196. The summed E-state index contributed by atoms with van der Waals surface area (Å²) >= 11 is 0. The van der Waals surface area contributed by atoms with Crippen molar-refractivity contribution in [2.24, 2.45) is 0 Å². The molecule has 0 radical (unpaired) electrons. The van der Waals surface area contributed by atoms with Crippen molar-refractivity contribution in [2.75, 3.05) is 36.6 Å². The molecule has 0 saturated carbocycles. The minimum atomic E-state index is -4.54. The van der Waals surface area contributed by atoms with Crippen LogP contribution in [0.3, 0.4) is 0 Å². The Morgan fingerprint density at radius 2 is 1.74 bits per heavy atom. The molecule has 3 aromatic rings. The van der Waals surface area contributed by atoms with E-state index >= 15 is 0 Å². The fourth-order valence-corrected chi connectivity index (χ4v) is 4.85. The number of fused-ring (bicyclic) bond motifs is 2. The normalized spacial score (nSPS) is 12.5. The molecule has 0 fully saturated rings. The van der Waals surface area contributed by atoms with Crippen molar-refractivity contribution >= 4 is 50.8 Å². The summed E-state index contributed by atoms with van der Waals surface area (Å²) in [5.41, 5.74) is 8.29. The Bertz CT molecular complexity index is 1240. The van der Waals surface area contributed by atoms with E-state index in [-0.39, 0.29) is 30.3 Å². The van der Waals surface area contributed by atoms with E-state index in [0.29, 0.717) is 46.1 Å². The van der Waals surface area contributed by atoms with Gasteiger partial charge in [-0.05, 0) is 49.2 Å². The van der Waals surface area contributed by atoms with Crippen LogP contribution in [0.4, 0.5) is 11.4 Å². The molecule has 0 aliphatic heterocycles. The molecule has 12 heteroatoms. The molecule has 31 heavy (non-hydrogen) atoms. The number of phosphoric acid groups is 1. The average molecular weight is 469 g/mol. The van der Waals surface area contributed by atoms with Gasteiger partial charge in [-0.15, -0.1) is 0 Å². The van der Waals surface area contributed by atoms with Crippen LogP contribution in [0.15, 0.2) is 41.3 Å². The van der Waals surface area contributed by atoms with Crippen molar-refractivity contribution in [2.45, 2.75) is 17.7 Å². The fourth-order valence-electron chi connectivity index (χ4n) is 3.16. The number of hydrogen-bond acceptors (Lipinski definition) is 8. The van der Waals surface area contributed by atoms with E-state index in [4.69, 9.17) is 20.6 Å². The maximum absolute atomic E-state index is 12.6. The van der Waals surface area contributed by atoms with Gasteiger partial charge in [0.15, 0.2) is 9.84 Å². The summed E-state index contributed by atoms with van der Waals surface area (Å²) in [7, 11) is -8.12. The number of aliphatic hydroxyl groups is 1. The second-order valence-corrected chi connectivity index (χ2v) is 10.3. The van der Waals surface area contributed by atoms with Gasteiger partial charge in [0.25, 0.3) is 0 Å². The Balaban J connectivity index is 2.02. The molecule has 1 heterocycles. The first-order valence-electron chi connectivity index (χ1n) is 9.51. The highest BCUT2D eigenvalue weighted by atomic mass is 32.2. The zero-order chi connectivity index (χ0) is 22.6. The van der Waals surface area contributed by atoms with E-state index in [1.807, 2.05) is 0 Å². The summed E-state index contributed by atoms with van der Waals surface area (Å²) in [6, 6.07) is 9.85. The van der Waals surface area contributed by atoms with E-state index in [1.165, 1.54) is 12.1 Å². The van der Waals surface area contributed by atoms with Crippen LogP contribution < -0.4 is 11.1 Å². The molecule has 0 atom stereocenters. The largest absolute Gasteiger partial charge is 0.469 e. The van der Waals surface area contributed by atoms with Crippen LogP contribution >= 0.6 is 7.82 Å². The van der Waals surface area contributed by atoms with Gasteiger partial charge in [-0.25, -0.2) is 18.0 Å². The maximum atomic E-state index is 12.6. The Kier molecular flexibility index (Phi) is 7.15. The smallest absolute Gasteiger partial charge is 0.399 e. The van der Waals surface area contributed by atoms with Gasteiger partial charge in [0, 0.05) is 29.6 Å². The SMILES string of the molecule is Nc1ccc2nc3ccc(S(=O)(=O)CCCO)cc3c(NCCCOP(=O)(O)O)c2c1. The number of pyridine rings is 1. The van der Waals surface area contributed by atoms with E-state index in [0.717, 1.165) is 0 Å². The lowest BCUT2D eigenvalue weighted by Crippen LogP contribution is -2.09. The topological polar surface area (TPSA) is 172 Å². The molecule has 1 aromatic heterocycles. The maximum Gasteiger partial charge on any atom is 0.469 e. The second-order valence-electron chi connectivity index (χ2n) is 6.94. The van der Waals surface area contributed by atoms with Gasteiger partial charge in [0.2, 0.25) is 0 Å². The Hall–Kier alpha value is -2.27. The number of phosphoric ester groups is 1. The number of anilines is 2. The quantitative estimate of drug-likeness (QED) is 0.128. The van der Waals surface area contributed by atoms with Gasteiger partial charge < -0.3 is 25.9 Å². The van der Waals surface area contributed by atoms with Crippen LogP contribution in [0.25, 0.3) is 21.8 Å². The molecule has 0 aliphatic rings. The van der Waals surface area contributed by atoms with Gasteiger partial charge in [-0.3, -0.25) is 4.52 Å². The minimum Gasteiger partial charge on any atom is -0.399 e. The summed E-state index contributed by atoms with van der Waals surface area (Å²) in [6.45, 7) is -0.0621. The second kappa shape index (κ2) is 9.47. The molecule has 0 bridgehead atoms. The number of hydrogen-bond donors (Lipinski definition) is 5. The first-order valence-corrected chi connectivity index (χ1v) is 12.7. The number of nitrogens with zero attached hydrogens (tertiary/aromatic N) is 1. The highest BCUT2D eigenvalue weighted by Crippen LogP contribution is 2.36. The number of sulfone groups is 1. The van der Waals surface area contributed by atoms with Crippen molar-refractivity contribution in [3.63, 3.8) is 0 Å². The molecular formula is C19H24N3O7PS. The number of benzene rings is 2. The van der Waals surface area contributed by atoms with Crippen LogP contribution in [0, 0.1) is 0 Å². The number of nitrogens with two attached hydrogens (primary N) is 1. The Morgan fingerprint density at radius 1 is 1.06 bits per heavy atom. The summed E-state index contributed by atoms with van der Waals surface area (Å²) in [4.78, 5) is 22.3. The molecule has 0 spiro atoms. The lowest BCUT2D eigenvalue weighted by Gasteiger charge is -2.15. The molecule has 3 rings (SSSR count). The molecule has 0 unspecified atom stereocenters. The minimum absolute atomic E-state index is 0.117. The molecule has 0 saturated heterocycles. The van der Waals surface area contributed by atoms with E-state index < -0.39 is 17.7 Å². The van der Waals surface area contributed by atoms with Gasteiger partial charge >= 0.3 is 7.82 Å². The number of aliphatic hydroxyl groups excluding tert-OH is 1.